The molecule has 1 aliphatic heterocycles. The highest BCUT2D eigenvalue weighted by atomic mass is 16.1. The average molecular weight is 237 g/mol. The molecular formula is C13H23N3O. The highest BCUT2D eigenvalue weighted by Gasteiger charge is 2.35. The molecule has 0 spiro atoms. The SMILES string of the molecule is CCC(C)CC(=O)NC1(C#N)CCN(C)CC1. The Kier molecular flexibility index (Phi) is 4.95. The maximum atomic E-state index is 11.9. The lowest BCUT2D eigenvalue weighted by molar-refractivity contribution is -0.123. The second-order valence-electron chi connectivity index (χ2n) is 5.26. The van der Waals surface area contributed by atoms with Crippen LogP contribution in [0.4, 0.5) is 0 Å². The molecule has 0 saturated carbocycles. The molecule has 96 valence electrons. The van der Waals surface area contributed by atoms with Crippen molar-refractivity contribution in [2.45, 2.75) is 45.1 Å². The monoisotopic (exact) mass is 237 g/mol. The quantitative estimate of drug-likeness (QED) is 0.806. The van der Waals surface area contributed by atoms with E-state index in [1.165, 1.54) is 0 Å². The summed E-state index contributed by atoms with van der Waals surface area (Å²) in [7, 11) is 2.04. The molecule has 4 heteroatoms. The number of amides is 1. The maximum Gasteiger partial charge on any atom is 0.221 e. The third-order valence-corrected chi connectivity index (χ3v) is 3.66. The number of nitrogens with one attached hydrogen (secondary N) is 1. The van der Waals surface area contributed by atoms with E-state index in [4.69, 9.17) is 0 Å². The molecule has 1 rings (SSSR count). The molecule has 0 aromatic rings. The number of nitrogens with zero attached hydrogens (tertiary/aromatic N) is 2. The lowest BCUT2D eigenvalue weighted by atomic mass is 9.88. The number of hydrogen-bond donors (Lipinski definition) is 1. The topological polar surface area (TPSA) is 56.1 Å². The molecule has 1 unspecified atom stereocenters. The molecule has 0 aromatic carbocycles. The predicted octanol–water partition coefficient (Wildman–Crippen LogP) is 1.53. The van der Waals surface area contributed by atoms with Gasteiger partial charge in [0.25, 0.3) is 0 Å². The van der Waals surface area contributed by atoms with Gasteiger partial charge in [-0.15, -0.1) is 0 Å². The zero-order valence-corrected chi connectivity index (χ0v) is 11.1. The molecule has 1 fully saturated rings. The van der Waals surface area contributed by atoms with Gasteiger partial charge in [0.15, 0.2) is 0 Å². The summed E-state index contributed by atoms with van der Waals surface area (Å²) in [6.45, 7) is 5.88. The Morgan fingerprint density at radius 1 is 1.53 bits per heavy atom. The van der Waals surface area contributed by atoms with E-state index in [0.717, 1.165) is 32.4 Å². The molecule has 1 N–H and O–H groups in total. The highest BCUT2D eigenvalue weighted by Crippen LogP contribution is 2.21. The Labute approximate surface area is 104 Å². The van der Waals surface area contributed by atoms with Crippen LogP contribution in [-0.4, -0.2) is 36.5 Å². The molecule has 0 aromatic heterocycles. The Bertz CT molecular complexity index is 300. The van der Waals surface area contributed by atoms with Crippen molar-refractivity contribution in [2.24, 2.45) is 5.92 Å². The summed E-state index contributed by atoms with van der Waals surface area (Å²) in [6.07, 6.45) is 2.98. The summed E-state index contributed by atoms with van der Waals surface area (Å²) < 4.78 is 0. The van der Waals surface area contributed by atoms with E-state index in [9.17, 15) is 10.1 Å². The van der Waals surface area contributed by atoms with E-state index in [1.807, 2.05) is 7.05 Å². The van der Waals surface area contributed by atoms with Gasteiger partial charge in [-0.2, -0.15) is 5.26 Å². The van der Waals surface area contributed by atoms with Crippen molar-refractivity contribution in [1.29, 1.82) is 5.26 Å². The van der Waals surface area contributed by atoms with Crippen LogP contribution in [0.25, 0.3) is 0 Å². The summed E-state index contributed by atoms with van der Waals surface area (Å²) >= 11 is 0. The van der Waals surface area contributed by atoms with Crippen molar-refractivity contribution in [2.75, 3.05) is 20.1 Å². The number of likely N-dealkylation sites (tertiary alicyclic amines) is 1. The van der Waals surface area contributed by atoms with E-state index < -0.39 is 5.54 Å². The van der Waals surface area contributed by atoms with E-state index in [-0.39, 0.29) is 5.91 Å². The van der Waals surface area contributed by atoms with E-state index in [2.05, 4.69) is 30.1 Å². The van der Waals surface area contributed by atoms with Crippen molar-refractivity contribution in [3.05, 3.63) is 0 Å². The number of hydrogen-bond acceptors (Lipinski definition) is 3. The molecule has 0 bridgehead atoms. The number of nitriles is 1. The number of rotatable bonds is 4. The highest BCUT2D eigenvalue weighted by molar-refractivity contribution is 5.77. The molecule has 1 amide bonds. The summed E-state index contributed by atoms with van der Waals surface area (Å²) in [4.78, 5) is 14.0. The fraction of sp³-hybridized carbons (Fsp3) is 0.846. The fourth-order valence-electron chi connectivity index (χ4n) is 2.04. The molecule has 0 aliphatic carbocycles. The average Bonchev–Trinajstić information content (AvgIpc) is 2.32. The van der Waals surface area contributed by atoms with Gasteiger partial charge >= 0.3 is 0 Å². The van der Waals surface area contributed by atoms with Crippen molar-refractivity contribution < 1.29 is 4.79 Å². The molecule has 4 nitrogen and oxygen atoms in total. The van der Waals surface area contributed by atoms with Gasteiger partial charge in [0.1, 0.15) is 5.54 Å². The van der Waals surface area contributed by atoms with Gasteiger partial charge in [0.05, 0.1) is 6.07 Å². The first-order valence-electron chi connectivity index (χ1n) is 6.42. The van der Waals surface area contributed by atoms with Gasteiger partial charge in [0.2, 0.25) is 5.91 Å². The van der Waals surface area contributed by atoms with Crippen LogP contribution >= 0.6 is 0 Å². The summed E-state index contributed by atoms with van der Waals surface area (Å²) in [5.41, 5.74) is -0.628. The van der Waals surface area contributed by atoms with E-state index in [0.29, 0.717) is 12.3 Å². The molecule has 1 atom stereocenters. The Morgan fingerprint density at radius 2 is 2.12 bits per heavy atom. The smallest absolute Gasteiger partial charge is 0.221 e. The van der Waals surface area contributed by atoms with Gasteiger partial charge in [0, 0.05) is 19.5 Å². The van der Waals surface area contributed by atoms with Gasteiger partial charge in [-0.1, -0.05) is 20.3 Å². The standard InChI is InChI=1S/C13H23N3O/c1-4-11(2)9-12(17)15-13(10-14)5-7-16(3)8-6-13/h11H,4-9H2,1-3H3,(H,15,17). The van der Waals surface area contributed by atoms with Crippen LogP contribution in [-0.2, 0) is 4.79 Å². The Balaban J connectivity index is 2.52. The van der Waals surface area contributed by atoms with E-state index in [1.54, 1.807) is 0 Å². The van der Waals surface area contributed by atoms with Crippen LogP contribution in [0.5, 0.6) is 0 Å². The summed E-state index contributed by atoms with van der Waals surface area (Å²) in [6, 6.07) is 2.30. The minimum atomic E-state index is -0.628. The first-order chi connectivity index (χ1) is 8.01. The molecule has 0 radical (unpaired) electrons. The molecule has 1 heterocycles. The minimum Gasteiger partial charge on any atom is -0.338 e. The molecular weight excluding hydrogens is 214 g/mol. The lowest BCUT2D eigenvalue weighted by Crippen LogP contribution is -2.54. The maximum absolute atomic E-state index is 11.9. The Morgan fingerprint density at radius 3 is 2.59 bits per heavy atom. The van der Waals surface area contributed by atoms with Gasteiger partial charge in [-0.3, -0.25) is 4.79 Å². The largest absolute Gasteiger partial charge is 0.338 e. The van der Waals surface area contributed by atoms with Crippen LogP contribution in [0.3, 0.4) is 0 Å². The van der Waals surface area contributed by atoms with Crippen molar-refractivity contribution >= 4 is 5.91 Å². The summed E-state index contributed by atoms with van der Waals surface area (Å²) in [5.74, 6) is 0.405. The zero-order valence-electron chi connectivity index (χ0n) is 11.1. The predicted molar refractivity (Wildman–Crippen MR) is 67.3 cm³/mol. The van der Waals surface area contributed by atoms with Crippen LogP contribution in [0, 0.1) is 17.2 Å². The van der Waals surface area contributed by atoms with Crippen LogP contribution in [0.1, 0.15) is 39.5 Å². The second kappa shape index (κ2) is 6.02. The third-order valence-electron chi connectivity index (χ3n) is 3.66. The zero-order chi connectivity index (χ0) is 12.9. The van der Waals surface area contributed by atoms with Crippen LogP contribution < -0.4 is 5.32 Å². The van der Waals surface area contributed by atoms with Gasteiger partial charge < -0.3 is 10.2 Å². The van der Waals surface area contributed by atoms with Gasteiger partial charge in [-0.25, -0.2) is 0 Å². The first-order valence-corrected chi connectivity index (χ1v) is 6.42. The first kappa shape index (κ1) is 14.0. The van der Waals surface area contributed by atoms with Crippen molar-refractivity contribution in [3.63, 3.8) is 0 Å². The second-order valence-corrected chi connectivity index (χ2v) is 5.26. The van der Waals surface area contributed by atoms with Crippen molar-refractivity contribution in [1.82, 2.24) is 10.2 Å². The normalized spacial score (nSPS) is 21.5. The fourth-order valence-corrected chi connectivity index (χ4v) is 2.04. The molecule has 1 aliphatic rings. The molecule has 17 heavy (non-hydrogen) atoms. The number of carbonyl (C=O) groups excluding carboxylic acids is 1. The minimum absolute atomic E-state index is 0.0189. The molecule has 1 saturated heterocycles. The third kappa shape index (κ3) is 4.01. The van der Waals surface area contributed by atoms with Crippen LogP contribution in [0.2, 0.25) is 0 Å². The van der Waals surface area contributed by atoms with Crippen molar-refractivity contribution in [3.8, 4) is 6.07 Å². The number of carbonyl (C=O) groups is 1. The van der Waals surface area contributed by atoms with Crippen LogP contribution in [0.15, 0.2) is 0 Å². The Hall–Kier alpha value is -1.08. The lowest BCUT2D eigenvalue weighted by Gasteiger charge is -2.36. The number of piperidine rings is 1. The van der Waals surface area contributed by atoms with Gasteiger partial charge in [-0.05, 0) is 25.8 Å². The van der Waals surface area contributed by atoms with E-state index >= 15 is 0 Å². The summed E-state index contributed by atoms with van der Waals surface area (Å²) in [5, 5.41) is 12.2.